The van der Waals surface area contributed by atoms with Crippen LogP contribution in [-0.2, 0) is 13.0 Å². The Morgan fingerprint density at radius 1 is 0.966 bits per heavy atom. The minimum absolute atomic E-state index is 0.693. The van der Waals surface area contributed by atoms with Gasteiger partial charge in [0.15, 0.2) is 5.16 Å². The molecule has 0 bridgehead atoms. The number of hydrogen-bond donors (Lipinski definition) is 1. The number of aliphatic hydroxyl groups excluding tert-OH is 1. The summed E-state index contributed by atoms with van der Waals surface area (Å²) in [6.07, 6.45) is 2.04. The number of benzene rings is 3. The highest BCUT2D eigenvalue weighted by molar-refractivity contribution is 7.99. The van der Waals surface area contributed by atoms with Crippen LogP contribution < -0.4 is 0 Å². The molecular formula is C25H22N2OS. The molecule has 0 fully saturated rings. The number of imidazole rings is 1. The summed E-state index contributed by atoms with van der Waals surface area (Å²) in [6, 6.07) is 25.1. The minimum atomic E-state index is -0.693. The molecule has 0 aliphatic heterocycles. The van der Waals surface area contributed by atoms with Gasteiger partial charge in [0.25, 0.3) is 0 Å². The molecule has 0 saturated heterocycles. The lowest BCUT2D eigenvalue weighted by Gasteiger charge is -2.16. The van der Waals surface area contributed by atoms with E-state index in [2.05, 4.69) is 65.0 Å². The smallest absolute Gasteiger partial charge is 0.173 e. The third kappa shape index (κ3) is 3.28. The zero-order chi connectivity index (χ0) is 19.8. The fraction of sp³-hybridized carbons (Fsp3) is 0.160. The number of aromatic nitrogens is 2. The molecule has 3 nitrogen and oxygen atoms in total. The van der Waals surface area contributed by atoms with E-state index in [1.807, 2.05) is 24.3 Å². The number of rotatable bonds is 5. The second-order valence-electron chi connectivity index (χ2n) is 7.28. The SMILES string of the molecule is CCn1c(C(O)c2ccc3c(c2)Cc2ccccc2-3)cnc1Sc1ccccc1. The molecule has 0 spiro atoms. The molecule has 1 atom stereocenters. The molecule has 4 aromatic rings. The Kier molecular flexibility index (Phi) is 4.74. The quantitative estimate of drug-likeness (QED) is 0.412. The van der Waals surface area contributed by atoms with E-state index in [0.29, 0.717) is 0 Å². The van der Waals surface area contributed by atoms with Gasteiger partial charge in [0.1, 0.15) is 6.10 Å². The van der Waals surface area contributed by atoms with Crippen LogP contribution in [-0.4, -0.2) is 14.7 Å². The standard InChI is InChI=1S/C25H22N2OS/c1-2-27-23(16-26-25(27)29-20-9-4-3-5-10-20)24(28)18-12-13-22-19(15-18)14-17-8-6-7-11-21(17)22/h3-13,15-16,24,28H,2,14H2,1H3. The predicted molar refractivity (Wildman–Crippen MR) is 117 cm³/mol. The lowest BCUT2D eigenvalue weighted by atomic mass is 9.99. The van der Waals surface area contributed by atoms with E-state index in [1.165, 1.54) is 22.3 Å². The van der Waals surface area contributed by atoms with Crippen molar-refractivity contribution in [2.24, 2.45) is 0 Å². The molecular weight excluding hydrogens is 376 g/mol. The first-order valence-corrected chi connectivity index (χ1v) is 10.7. The van der Waals surface area contributed by atoms with Crippen molar-refractivity contribution < 1.29 is 5.11 Å². The van der Waals surface area contributed by atoms with Gasteiger partial charge in [0.2, 0.25) is 0 Å². The summed E-state index contributed by atoms with van der Waals surface area (Å²) in [5, 5.41) is 12.1. The molecule has 0 amide bonds. The van der Waals surface area contributed by atoms with Crippen LogP contribution in [0.4, 0.5) is 0 Å². The van der Waals surface area contributed by atoms with Crippen LogP contribution >= 0.6 is 11.8 Å². The Morgan fingerprint density at radius 3 is 2.55 bits per heavy atom. The molecule has 1 heterocycles. The van der Waals surface area contributed by atoms with Gasteiger partial charge < -0.3 is 9.67 Å². The van der Waals surface area contributed by atoms with E-state index in [4.69, 9.17) is 0 Å². The van der Waals surface area contributed by atoms with E-state index in [-0.39, 0.29) is 0 Å². The third-order valence-corrected chi connectivity index (χ3v) is 6.55. The molecule has 1 unspecified atom stereocenters. The molecule has 0 radical (unpaired) electrons. The fourth-order valence-electron chi connectivity index (χ4n) is 4.09. The molecule has 144 valence electrons. The van der Waals surface area contributed by atoms with Gasteiger partial charge in [0.05, 0.1) is 11.9 Å². The highest BCUT2D eigenvalue weighted by Crippen LogP contribution is 2.38. The van der Waals surface area contributed by atoms with Crippen LogP contribution in [0.5, 0.6) is 0 Å². The van der Waals surface area contributed by atoms with E-state index in [1.54, 1.807) is 18.0 Å². The van der Waals surface area contributed by atoms with Crippen LogP contribution in [0.3, 0.4) is 0 Å². The summed E-state index contributed by atoms with van der Waals surface area (Å²) < 4.78 is 2.10. The fourth-order valence-corrected chi connectivity index (χ4v) is 5.04. The molecule has 29 heavy (non-hydrogen) atoms. The second-order valence-corrected chi connectivity index (χ2v) is 8.32. The second kappa shape index (κ2) is 7.54. The van der Waals surface area contributed by atoms with Crippen molar-refractivity contribution in [1.29, 1.82) is 0 Å². The molecule has 1 N–H and O–H groups in total. The first kappa shape index (κ1) is 18.2. The Hall–Kier alpha value is -2.82. The predicted octanol–water partition coefficient (Wildman–Crippen LogP) is 5.71. The molecule has 4 heteroatoms. The maximum atomic E-state index is 11.2. The zero-order valence-corrected chi connectivity index (χ0v) is 17.1. The lowest BCUT2D eigenvalue weighted by Crippen LogP contribution is -2.09. The van der Waals surface area contributed by atoms with Crippen LogP contribution in [0.15, 0.2) is 89.0 Å². The van der Waals surface area contributed by atoms with E-state index in [0.717, 1.165) is 34.3 Å². The summed E-state index contributed by atoms with van der Waals surface area (Å²) in [6.45, 7) is 2.85. The van der Waals surface area contributed by atoms with Gasteiger partial charge in [-0.2, -0.15) is 0 Å². The summed E-state index contributed by atoms with van der Waals surface area (Å²) >= 11 is 1.62. The van der Waals surface area contributed by atoms with Gasteiger partial charge in [0, 0.05) is 11.4 Å². The van der Waals surface area contributed by atoms with Crippen molar-refractivity contribution in [2.75, 3.05) is 0 Å². The topological polar surface area (TPSA) is 38.0 Å². The third-order valence-electron chi connectivity index (χ3n) is 5.53. The van der Waals surface area contributed by atoms with Gasteiger partial charge in [-0.05, 0) is 53.3 Å². The van der Waals surface area contributed by atoms with Gasteiger partial charge in [-0.15, -0.1) is 0 Å². The molecule has 0 saturated carbocycles. The summed E-state index contributed by atoms with van der Waals surface area (Å²) in [7, 11) is 0. The molecule has 1 aromatic heterocycles. The average molecular weight is 399 g/mol. The summed E-state index contributed by atoms with van der Waals surface area (Å²) in [5.41, 5.74) is 6.98. The highest BCUT2D eigenvalue weighted by Gasteiger charge is 2.22. The van der Waals surface area contributed by atoms with Gasteiger partial charge >= 0.3 is 0 Å². The van der Waals surface area contributed by atoms with Crippen molar-refractivity contribution >= 4 is 11.8 Å². The van der Waals surface area contributed by atoms with E-state index >= 15 is 0 Å². The number of aliphatic hydroxyl groups is 1. The van der Waals surface area contributed by atoms with Crippen LogP contribution in [0.25, 0.3) is 11.1 Å². The first-order valence-electron chi connectivity index (χ1n) is 9.92. The van der Waals surface area contributed by atoms with E-state index in [9.17, 15) is 5.11 Å². The minimum Gasteiger partial charge on any atom is -0.382 e. The van der Waals surface area contributed by atoms with E-state index < -0.39 is 6.10 Å². The van der Waals surface area contributed by atoms with Crippen molar-refractivity contribution in [2.45, 2.75) is 36.0 Å². The number of hydrogen-bond acceptors (Lipinski definition) is 3. The van der Waals surface area contributed by atoms with Crippen LogP contribution in [0.1, 0.15) is 35.4 Å². The lowest BCUT2D eigenvalue weighted by molar-refractivity contribution is 0.209. The van der Waals surface area contributed by atoms with Crippen molar-refractivity contribution in [3.63, 3.8) is 0 Å². The van der Waals surface area contributed by atoms with Gasteiger partial charge in [-0.1, -0.05) is 72.4 Å². The maximum absolute atomic E-state index is 11.2. The zero-order valence-electron chi connectivity index (χ0n) is 16.2. The highest BCUT2D eigenvalue weighted by atomic mass is 32.2. The molecule has 1 aliphatic carbocycles. The summed E-state index contributed by atoms with van der Waals surface area (Å²) in [4.78, 5) is 5.74. The molecule has 1 aliphatic rings. The number of nitrogens with zero attached hydrogens (tertiary/aromatic N) is 2. The Labute approximate surface area is 175 Å². The van der Waals surface area contributed by atoms with Gasteiger partial charge in [-0.25, -0.2) is 4.98 Å². The largest absolute Gasteiger partial charge is 0.382 e. The monoisotopic (exact) mass is 398 g/mol. The van der Waals surface area contributed by atoms with Crippen molar-refractivity contribution in [1.82, 2.24) is 9.55 Å². The Balaban J connectivity index is 1.46. The van der Waals surface area contributed by atoms with Crippen LogP contribution in [0.2, 0.25) is 0 Å². The first-order chi connectivity index (χ1) is 14.2. The Bertz CT molecular complexity index is 1170. The maximum Gasteiger partial charge on any atom is 0.173 e. The normalized spacial score (nSPS) is 13.2. The number of fused-ring (bicyclic) bond motifs is 3. The molecule has 3 aromatic carbocycles. The average Bonchev–Trinajstić information content (AvgIpc) is 3.34. The van der Waals surface area contributed by atoms with Crippen molar-refractivity contribution in [3.05, 3.63) is 101 Å². The molecule has 5 rings (SSSR count). The summed E-state index contributed by atoms with van der Waals surface area (Å²) in [5.74, 6) is 0. The van der Waals surface area contributed by atoms with Crippen LogP contribution in [0, 0.1) is 0 Å². The van der Waals surface area contributed by atoms with Gasteiger partial charge in [-0.3, -0.25) is 0 Å². The Morgan fingerprint density at radius 2 is 1.72 bits per heavy atom. The van der Waals surface area contributed by atoms with Crippen molar-refractivity contribution in [3.8, 4) is 11.1 Å².